The molecule has 2 aromatic heterocycles. The van der Waals surface area contributed by atoms with Crippen molar-refractivity contribution < 1.29 is 18.0 Å². The molecule has 2 aliphatic heterocycles. The first-order chi connectivity index (χ1) is 15.6. The Labute approximate surface area is 193 Å². The molecule has 9 heteroatoms. The molecule has 2 fully saturated rings. The lowest BCUT2D eigenvalue weighted by Crippen LogP contribution is -2.23. The summed E-state index contributed by atoms with van der Waals surface area (Å²) in [6, 6.07) is 8.09. The van der Waals surface area contributed by atoms with Crippen LogP contribution in [-0.2, 0) is 14.6 Å². The molecule has 33 heavy (non-hydrogen) atoms. The lowest BCUT2D eigenvalue weighted by atomic mass is 9.87. The fourth-order valence-corrected chi connectivity index (χ4v) is 6.91. The summed E-state index contributed by atoms with van der Waals surface area (Å²) >= 11 is 0. The van der Waals surface area contributed by atoms with E-state index in [4.69, 9.17) is 9.78 Å². The van der Waals surface area contributed by atoms with Crippen molar-refractivity contribution in [3.05, 3.63) is 42.2 Å². The summed E-state index contributed by atoms with van der Waals surface area (Å²) in [5, 5.41) is 0. The van der Waals surface area contributed by atoms with Crippen molar-refractivity contribution in [3.63, 3.8) is 0 Å². The minimum Gasteiger partial charge on any atom is -0.371 e. The Morgan fingerprint density at radius 2 is 1.82 bits per heavy atom. The SMILES string of the molecule is C=O.CC(C)(C)C(=O)c1c[nH]c2ncc(-c3cccc(N4CC5CS(=O)(=O)CC5C4)c3)nc12. The second-order valence-electron chi connectivity index (χ2n) is 9.79. The normalized spacial score (nSPS) is 21.5. The van der Waals surface area contributed by atoms with Crippen LogP contribution in [0.15, 0.2) is 36.7 Å². The number of rotatable bonds is 3. The van der Waals surface area contributed by atoms with Gasteiger partial charge in [-0.25, -0.2) is 18.4 Å². The predicted molar refractivity (Wildman–Crippen MR) is 128 cm³/mol. The maximum Gasteiger partial charge on any atom is 0.171 e. The number of carbonyl (C=O) groups is 2. The third-order valence-electron chi connectivity index (χ3n) is 6.33. The number of hydrogen-bond acceptors (Lipinski definition) is 7. The van der Waals surface area contributed by atoms with Gasteiger partial charge in [-0.15, -0.1) is 0 Å². The van der Waals surface area contributed by atoms with E-state index in [2.05, 4.69) is 27.0 Å². The summed E-state index contributed by atoms with van der Waals surface area (Å²) in [6.45, 7) is 9.21. The van der Waals surface area contributed by atoms with Crippen LogP contribution in [0.4, 0.5) is 5.69 Å². The second kappa shape index (κ2) is 8.37. The second-order valence-corrected chi connectivity index (χ2v) is 11.9. The Morgan fingerprint density at radius 1 is 1.15 bits per heavy atom. The van der Waals surface area contributed by atoms with E-state index in [1.54, 1.807) is 12.4 Å². The number of nitrogens with one attached hydrogen (secondary N) is 1. The highest BCUT2D eigenvalue weighted by atomic mass is 32.2. The average molecular weight is 469 g/mol. The zero-order valence-electron chi connectivity index (χ0n) is 19.0. The maximum atomic E-state index is 12.8. The molecule has 2 saturated heterocycles. The fourth-order valence-electron chi connectivity index (χ4n) is 4.72. The molecule has 8 nitrogen and oxygen atoms in total. The summed E-state index contributed by atoms with van der Waals surface area (Å²) in [7, 11) is -2.87. The number of anilines is 1. The molecule has 0 aliphatic carbocycles. The van der Waals surface area contributed by atoms with Crippen LogP contribution in [0.2, 0.25) is 0 Å². The van der Waals surface area contributed by atoms with Gasteiger partial charge in [0.05, 0.1) is 29.0 Å². The van der Waals surface area contributed by atoms with Crippen molar-refractivity contribution in [2.45, 2.75) is 20.8 Å². The van der Waals surface area contributed by atoms with Gasteiger partial charge in [0.25, 0.3) is 0 Å². The number of benzene rings is 1. The predicted octanol–water partition coefficient (Wildman–Crippen LogP) is 3.15. The summed E-state index contributed by atoms with van der Waals surface area (Å²) in [6.07, 6.45) is 3.41. The van der Waals surface area contributed by atoms with Crippen LogP contribution in [0.5, 0.6) is 0 Å². The molecule has 0 spiro atoms. The van der Waals surface area contributed by atoms with Gasteiger partial charge in [0.15, 0.2) is 21.3 Å². The number of H-pyrrole nitrogens is 1. The van der Waals surface area contributed by atoms with Crippen molar-refractivity contribution in [3.8, 4) is 11.3 Å². The van der Waals surface area contributed by atoms with Gasteiger partial charge in [0.1, 0.15) is 12.3 Å². The van der Waals surface area contributed by atoms with Gasteiger partial charge in [0.2, 0.25) is 0 Å². The molecule has 0 bridgehead atoms. The van der Waals surface area contributed by atoms with Crippen molar-refractivity contribution >= 4 is 39.3 Å². The lowest BCUT2D eigenvalue weighted by molar-refractivity contribution is -0.0980. The monoisotopic (exact) mass is 468 g/mol. The Kier molecular flexibility index (Phi) is 5.86. The summed E-state index contributed by atoms with van der Waals surface area (Å²) in [4.78, 5) is 35.4. The number of nitrogens with zero attached hydrogens (tertiary/aromatic N) is 3. The molecular formula is C24H28N4O4S. The molecule has 2 atom stereocenters. The van der Waals surface area contributed by atoms with Crippen molar-refractivity contribution in [1.82, 2.24) is 15.0 Å². The van der Waals surface area contributed by atoms with E-state index in [0.717, 1.165) is 24.3 Å². The molecule has 2 aliphatic rings. The number of sulfone groups is 1. The average Bonchev–Trinajstić information content (AvgIpc) is 3.44. The Hall–Kier alpha value is -3.07. The van der Waals surface area contributed by atoms with Crippen LogP contribution in [0.1, 0.15) is 31.1 Å². The van der Waals surface area contributed by atoms with Crippen LogP contribution in [0.25, 0.3) is 22.4 Å². The first-order valence-electron chi connectivity index (χ1n) is 10.8. The highest BCUT2D eigenvalue weighted by molar-refractivity contribution is 7.91. The molecule has 0 amide bonds. The van der Waals surface area contributed by atoms with E-state index < -0.39 is 15.3 Å². The number of Topliss-reactive ketones (excluding diaryl/α,β-unsaturated/α-hetero) is 1. The first kappa shape index (κ1) is 23.1. The molecule has 1 N–H and O–H groups in total. The minimum absolute atomic E-state index is 0.0255. The topological polar surface area (TPSA) is 113 Å². The first-order valence-corrected chi connectivity index (χ1v) is 12.7. The molecule has 0 saturated carbocycles. The Balaban J connectivity index is 0.00000126. The third kappa shape index (κ3) is 4.42. The van der Waals surface area contributed by atoms with E-state index in [1.165, 1.54) is 0 Å². The van der Waals surface area contributed by atoms with Gasteiger partial charge in [-0.05, 0) is 24.0 Å². The van der Waals surface area contributed by atoms with E-state index in [1.807, 2.05) is 39.7 Å². The Morgan fingerprint density at radius 3 is 2.45 bits per heavy atom. The number of aromatic nitrogens is 3. The van der Waals surface area contributed by atoms with Gasteiger partial charge in [0, 0.05) is 36.0 Å². The minimum atomic E-state index is -2.87. The van der Waals surface area contributed by atoms with Gasteiger partial charge in [-0.1, -0.05) is 32.9 Å². The fraction of sp³-hybridized carbons (Fsp3) is 0.417. The van der Waals surface area contributed by atoms with Crippen molar-refractivity contribution in [2.75, 3.05) is 29.5 Å². The quantitative estimate of drug-likeness (QED) is 0.588. The molecular weight excluding hydrogens is 440 g/mol. The van der Waals surface area contributed by atoms with Crippen LogP contribution in [0, 0.1) is 17.3 Å². The van der Waals surface area contributed by atoms with Gasteiger partial charge >= 0.3 is 0 Å². The molecule has 174 valence electrons. The molecule has 0 radical (unpaired) electrons. The van der Waals surface area contributed by atoms with Gasteiger partial charge < -0.3 is 14.7 Å². The smallest absolute Gasteiger partial charge is 0.171 e. The van der Waals surface area contributed by atoms with E-state index in [9.17, 15) is 13.2 Å². The van der Waals surface area contributed by atoms with Crippen LogP contribution in [0.3, 0.4) is 0 Å². The third-order valence-corrected chi connectivity index (χ3v) is 8.20. The molecule has 1 aromatic carbocycles. The number of fused-ring (bicyclic) bond motifs is 2. The lowest BCUT2D eigenvalue weighted by Gasteiger charge is -2.20. The Bertz CT molecular complexity index is 1290. The number of carbonyl (C=O) groups excluding carboxylic acids is 2. The van der Waals surface area contributed by atoms with Crippen molar-refractivity contribution in [1.29, 1.82) is 0 Å². The molecule has 2 unspecified atom stereocenters. The van der Waals surface area contributed by atoms with Crippen LogP contribution >= 0.6 is 0 Å². The van der Waals surface area contributed by atoms with E-state index in [-0.39, 0.29) is 17.6 Å². The highest BCUT2D eigenvalue weighted by Crippen LogP contribution is 2.36. The summed E-state index contributed by atoms with van der Waals surface area (Å²) < 4.78 is 23.8. The zero-order valence-corrected chi connectivity index (χ0v) is 19.9. The van der Waals surface area contributed by atoms with E-state index in [0.29, 0.717) is 33.9 Å². The molecule has 4 heterocycles. The zero-order chi connectivity index (χ0) is 24.0. The standard InChI is InChI=1S/C23H26N4O3S.CH2O/c1-23(2,3)21(28)18-8-24-22-20(18)26-19(9-25-22)14-5-4-6-17(7-14)27-10-15-12-31(29,30)13-16(15)11-27;1-2/h4-9,15-16H,10-13H2,1-3H3,(H,24,25);1H2. The van der Waals surface area contributed by atoms with Crippen molar-refractivity contribution in [2.24, 2.45) is 17.3 Å². The van der Waals surface area contributed by atoms with E-state index >= 15 is 0 Å². The highest BCUT2D eigenvalue weighted by Gasteiger charge is 2.43. The maximum absolute atomic E-state index is 12.8. The number of ketones is 1. The number of aromatic amines is 1. The van der Waals surface area contributed by atoms with Crippen LogP contribution in [-0.4, -0.2) is 60.5 Å². The van der Waals surface area contributed by atoms with Gasteiger partial charge in [-0.3, -0.25) is 4.79 Å². The summed E-state index contributed by atoms with van der Waals surface area (Å²) in [5.74, 6) is 1.06. The van der Waals surface area contributed by atoms with Gasteiger partial charge in [-0.2, -0.15) is 0 Å². The van der Waals surface area contributed by atoms with Crippen LogP contribution < -0.4 is 4.90 Å². The largest absolute Gasteiger partial charge is 0.371 e. The molecule has 5 rings (SSSR count). The molecule has 3 aromatic rings. The summed E-state index contributed by atoms with van der Waals surface area (Å²) in [5.41, 5.74) is 3.93. The number of hydrogen-bond donors (Lipinski definition) is 1.